The molecule has 0 aromatic carbocycles. The SMILES string of the molecule is c1csc(-c2nc(N3CCCNCC3)n[nH]2)c1. The predicted molar refractivity (Wildman–Crippen MR) is 69.4 cm³/mol. The Kier molecular flexibility index (Phi) is 3.06. The van der Waals surface area contributed by atoms with Crippen LogP contribution < -0.4 is 10.2 Å². The largest absolute Gasteiger partial charge is 0.338 e. The lowest BCUT2D eigenvalue weighted by Gasteiger charge is -2.16. The van der Waals surface area contributed by atoms with Gasteiger partial charge in [0.05, 0.1) is 4.88 Å². The van der Waals surface area contributed by atoms with Gasteiger partial charge in [0.15, 0.2) is 5.82 Å². The van der Waals surface area contributed by atoms with Crippen LogP contribution in [0.3, 0.4) is 0 Å². The normalized spacial score (nSPS) is 17.1. The Bertz CT molecular complexity index is 456. The van der Waals surface area contributed by atoms with E-state index in [1.807, 2.05) is 11.4 Å². The summed E-state index contributed by atoms with van der Waals surface area (Å²) in [5.41, 5.74) is 0. The number of nitrogens with zero attached hydrogens (tertiary/aromatic N) is 3. The number of nitrogens with one attached hydrogen (secondary N) is 2. The molecular formula is C11H15N5S. The van der Waals surface area contributed by atoms with Crippen molar-refractivity contribution in [3.8, 4) is 10.7 Å². The number of aromatic nitrogens is 3. The second-order valence-electron chi connectivity index (χ2n) is 4.05. The minimum absolute atomic E-state index is 0.817. The van der Waals surface area contributed by atoms with Crippen molar-refractivity contribution < 1.29 is 0 Å². The van der Waals surface area contributed by atoms with Gasteiger partial charge >= 0.3 is 0 Å². The van der Waals surface area contributed by atoms with E-state index in [1.165, 1.54) is 0 Å². The molecule has 0 atom stereocenters. The number of hydrogen-bond donors (Lipinski definition) is 2. The highest BCUT2D eigenvalue weighted by molar-refractivity contribution is 7.13. The number of aromatic amines is 1. The van der Waals surface area contributed by atoms with E-state index in [-0.39, 0.29) is 0 Å². The van der Waals surface area contributed by atoms with Crippen LogP contribution in [0.5, 0.6) is 0 Å². The van der Waals surface area contributed by atoms with Crippen LogP contribution in [0.25, 0.3) is 10.7 Å². The Labute approximate surface area is 104 Å². The standard InChI is InChI=1S/C11H15N5S/c1-3-9(17-8-1)10-13-11(15-14-10)16-6-2-4-12-5-7-16/h1,3,8,12H,2,4-7H2,(H,13,14,15). The van der Waals surface area contributed by atoms with E-state index < -0.39 is 0 Å². The maximum Gasteiger partial charge on any atom is 0.245 e. The van der Waals surface area contributed by atoms with Gasteiger partial charge in [0.2, 0.25) is 5.95 Å². The van der Waals surface area contributed by atoms with E-state index in [0.717, 1.165) is 49.2 Å². The Morgan fingerprint density at radius 2 is 2.29 bits per heavy atom. The highest BCUT2D eigenvalue weighted by Crippen LogP contribution is 2.22. The Balaban J connectivity index is 1.79. The first-order valence-electron chi connectivity index (χ1n) is 5.85. The van der Waals surface area contributed by atoms with Gasteiger partial charge in [0.1, 0.15) is 0 Å². The van der Waals surface area contributed by atoms with E-state index in [4.69, 9.17) is 0 Å². The molecule has 0 radical (unpaired) electrons. The lowest BCUT2D eigenvalue weighted by atomic mass is 10.4. The summed E-state index contributed by atoms with van der Waals surface area (Å²) in [5.74, 6) is 1.68. The fraction of sp³-hybridized carbons (Fsp3) is 0.455. The third-order valence-corrected chi connectivity index (χ3v) is 3.73. The van der Waals surface area contributed by atoms with Crippen LogP contribution in [0.1, 0.15) is 6.42 Å². The molecule has 17 heavy (non-hydrogen) atoms. The number of hydrogen-bond acceptors (Lipinski definition) is 5. The van der Waals surface area contributed by atoms with Crippen LogP contribution in [-0.4, -0.2) is 41.4 Å². The van der Waals surface area contributed by atoms with Gasteiger partial charge in [-0.05, 0) is 24.4 Å². The van der Waals surface area contributed by atoms with E-state index >= 15 is 0 Å². The van der Waals surface area contributed by atoms with E-state index in [1.54, 1.807) is 11.3 Å². The molecule has 90 valence electrons. The smallest absolute Gasteiger partial charge is 0.245 e. The lowest BCUT2D eigenvalue weighted by Crippen LogP contribution is -2.28. The van der Waals surface area contributed by atoms with Crippen molar-refractivity contribution in [2.75, 3.05) is 31.1 Å². The van der Waals surface area contributed by atoms with E-state index in [2.05, 4.69) is 31.5 Å². The fourth-order valence-corrected chi connectivity index (χ4v) is 2.63. The van der Waals surface area contributed by atoms with Gasteiger partial charge in [-0.25, -0.2) is 0 Å². The third kappa shape index (κ3) is 2.32. The molecule has 6 heteroatoms. The summed E-state index contributed by atoms with van der Waals surface area (Å²) >= 11 is 1.68. The molecule has 0 saturated carbocycles. The average Bonchev–Trinajstić information content (AvgIpc) is 2.95. The zero-order chi connectivity index (χ0) is 11.5. The molecule has 2 aromatic rings. The number of H-pyrrole nitrogens is 1. The molecule has 0 spiro atoms. The molecule has 3 rings (SSSR count). The lowest BCUT2D eigenvalue weighted by molar-refractivity contribution is 0.724. The van der Waals surface area contributed by atoms with Crippen LogP contribution in [0, 0.1) is 0 Å². The third-order valence-electron chi connectivity index (χ3n) is 2.85. The van der Waals surface area contributed by atoms with Crippen LogP contribution in [0.2, 0.25) is 0 Å². The topological polar surface area (TPSA) is 56.8 Å². The number of anilines is 1. The zero-order valence-electron chi connectivity index (χ0n) is 9.52. The van der Waals surface area contributed by atoms with Gasteiger partial charge < -0.3 is 10.2 Å². The molecule has 1 fully saturated rings. The molecule has 1 saturated heterocycles. The molecule has 1 aliphatic rings. The maximum absolute atomic E-state index is 4.56. The summed E-state index contributed by atoms with van der Waals surface area (Å²) in [7, 11) is 0. The van der Waals surface area contributed by atoms with Crippen molar-refractivity contribution in [1.82, 2.24) is 20.5 Å². The van der Waals surface area contributed by atoms with Crippen LogP contribution in [-0.2, 0) is 0 Å². The van der Waals surface area contributed by atoms with Crippen LogP contribution in [0.4, 0.5) is 5.95 Å². The summed E-state index contributed by atoms with van der Waals surface area (Å²) < 4.78 is 0. The highest BCUT2D eigenvalue weighted by Gasteiger charge is 2.14. The average molecular weight is 249 g/mol. The first-order valence-corrected chi connectivity index (χ1v) is 6.73. The van der Waals surface area contributed by atoms with Crippen molar-refractivity contribution in [2.45, 2.75) is 6.42 Å². The number of rotatable bonds is 2. The summed E-state index contributed by atoms with van der Waals surface area (Å²) in [6.07, 6.45) is 1.14. The fourth-order valence-electron chi connectivity index (χ4n) is 1.96. The Hall–Kier alpha value is -1.40. The van der Waals surface area contributed by atoms with Crippen LogP contribution >= 0.6 is 11.3 Å². The first-order chi connectivity index (χ1) is 8.43. The Morgan fingerprint density at radius 3 is 3.18 bits per heavy atom. The quantitative estimate of drug-likeness (QED) is 0.843. The van der Waals surface area contributed by atoms with Crippen molar-refractivity contribution in [3.05, 3.63) is 17.5 Å². The van der Waals surface area contributed by atoms with Crippen molar-refractivity contribution >= 4 is 17.3 Å². The molecule has 1 aliphatic heterocycles. The summed E-state index contributed by atoms with van der Waals surface area (Å²) in [5, 5.41) is 12.7. The second-order valence-corrected chi connectivity index (χ2v) is 5.00. The molecule has 0 amide bonds. The molecule has 0 aliphatic carbocycles. The minimum atomic E-state index is 0.817. The zero-order valence-corrected chi connectivity index (χ0v) is 10.3. The first kappa shape index (κ1) is 10.7. The van der Waals surface area contributed by atoms with Gasteiger partial charge in [0.25, 0.3) is 0 Å². The molecule has 0 bridgehead atoms. The highest BCUT2D eigenvalue weighted by atomic mass is 32.1. The van der Waals surface area contributed by atoms with Gasteiger partial charge in [-0.3, -0.25) is 5.10 Å². The molecule has 2 aromatic heterocycles. The molecule has 5 nitrogen and oxygen atoms in total. The molecule has 0 unspecified atom stereocenters. The molecular weight excluding hydrogens is 234 g/mol. The molecule has 3 heterocycles. The summed E-state index contributed by atoms with van der Waals surface area (Å²) in [6.45, 7) is 4.08. The maximum atomic E-state index is 4.56. The Morgan fingerprint density at radius 1 is 1.29 bits per heavy atom. The van der Waals surface area contributed by atoms with Gasteiger partial charge in [0, 0.05) is 19.6 Å². The van der Waals surface area contributed by atoms with Gasteiger partial charge in [-0.15, -0.1) is 16.4 Å². The summed E-state index contributed by atoms with van der Waals surface area (Å²) in [4.78, 5) is 7.93. The van der Waals surface area contributed by atoms with Crippen molar-refractivity contribution in [3.63, 3.8) is 0 Å². The van der Waals surface area contributed by atoms with Gasteiger partial charge in [-0.2, -0.15) is 4.98 Å². The van der Waals surface area contributed by atoms with E-state index in [0.29, 0.717) is 0 Å². The van der Waals surface area contributed by atoms with Gasteiger partial charge in [-0.1, -0.05) is 6.07 Å². The monoisotopic (exact) mass is 249 g/mol. The minimum Gasteiger partial charge on any atom is -0.338 e. The van der Waals surface area contributed by atoms with E-state index in [9.17, 15) is 0 Å². The summed E-state index contributed by atoms with van der Waals surface area (Å²) in [6, 6.07) is 4.08. The predicted octanol–water partition coefficient (Wildman–Crippen LogP) is 1.33. The second kappa shape index (κ2) is 4.85. The molecule has 2 N–H and O–H groups in total. The van der Waals surface area contributed by atoms with Crippen LogP contribution in [0.15, 0.2) is 17.5 Å². The number of thiophene rings is 1. The van der Waals surface area contributed by atoms with Crippen molar-refractivity contribution in [1.29, 1.82) is 0 Å². The van der Waals surface area contributed by atoms with Crippen molar-refractivity contribution in [2.24, 2.45) is 0 Å².